The Balaban J connectivity index is 1.26. The third-order valence-corrected chi connectivity index (χ3v) is 8.71. The lowest BCUT2D eigenvalue weighted by Crippen LogP contribution is -2.32. The minimum Gasteiger partial charge on any atom is -0.378 e. The van der Waals surface area contributed by atoms with Gasteiger partial charge in [0.2, 0.25) is 0 Å². The summed E-state index contributed by atoms with van der Waals surface area (Å²) in [6, 6.07) is 32.1. The van der Waals surface area contributed by atoms with Crippen molar-refractivity contribution in [2.45, 2.75) is 38.8 Å². The summed E-state index contributed by atoms with van der Waals surface area (Å²) in [5, 5.41) is 6.52. The molecule has 2 heterocycles. The lowest BCUT2D eigenvalue weighted by Gasteiger charge is -2.38. The first kappa shape index (κ1) is 23.8. The molecule has 1 aromatic heterocycles. The van der Waals surface area contributed by atoms with E-state index in [2.05, 4.69) is 83.6 Å². The predicted octanol–water partition coefficient (Wildman–Crippen LogP) is 8.31. The lowest BCUT2D eigenvalue weighted by molar-refractivity contribution is 0.0988. The zero-order valence-electron chi connectivity index (χ0n) is 22.5. The van der Waals surface area contributed by atoms with Crippen LogP contribution in [0.5, 0.6) is 0 Å². The molecular weight excluding hydrogens is 478 g/mol. The molecule has 3 unspecified atom stereocenters. The number of carbonyl (C=O) groups is 1. The normalized spacial score (nSPS) is 19.6. The van der Waals surface area contributed by atoms with Crippen LogP contribution in [0.4, 0.5) is 11.4 Å². The van der Waals surface area contributed by atoms with E-state index in [-0.39, 0.29) is 11.9 Å². The molecule has 4 aromatic carbocycles. The fourth-order valence-corrected chi connectivity index (χ4v) is 6.87. The lowest BCUT2D eigenvalue weighted by atomic mass is 9.76. The molecular formula is C35H33N3O. The van der Waals surface area contributed by atoms with Crippen LogP contribution < -0.4 is 10.2 Å². The number of fused-ring (bicyclic) bond motifs is 6. The second-order valence-corrected chi connectivity index (χ2v) is 10.7. The molecule has 4 heteroatoms. The van der Waals surface area contributed by atoms with Crippen molar-refractivity contribution in [3.05, 3.63) is 120 Å². The molecule has 39 heavy (non-hydrogen) atoms. The average molecular weight is 512 g/mol. The number of aryl methyl sites for hydroxylation is 1. The fraction of sp³-hybridized carbons (Fsp3) is 0.229. The number of allylic oxidation sites excluding steroid dienone is 2. The van der Waals surface area contributed by atoms with Crippen molar-refractivity contribution in [2.24, 2.45) is 5.92 Å². The molecule has 1 aliphatic carbocycles. The van der Waals surface area contributed by atoms with Gasteiger partial charge in [-0.25, -0.2) is 0 Å². The number of benzene rings is 4. The Bertz CT molecular complexity index is 1730. The van der Waals surface area contributed by atoms with Crippen LogP contribution in [0.2, 0.25) is 0 Å². The van der Waals surface area contributed by atoms with Gasteiger partial charge in [0.15, 0.2) is 0 Å². The topological polar surface area (TPSA) is 37.3 Å². The van der Waals surface area contributed by atoms with Crippen molar-refractivity contribution in [3.63, 3.8) is 0 Å². The number of nitrogens with zero attached hydrogens (tertiary/aromatic N) is 2. The van der Waals surface area contributed by atoms with E-state index in [1.54, 1.807) is 0 Å². The van der Waals surface area contributed by atoms with Crippen molar-refractivity contribution < 1.29 is 4.79 Å². The maximum Gasteiger partial charge on any atom is 0.258 e. The molecule has 3 atom stereocenters. The molecule has 1 amide bonds. The zero-order chi connectivity index (χ0) is 26.5. The monoisotopic (exact) mass is 511 g/mol. The highest BCUT2D eigenvalue weighted by Gasteiger charge is 2.38. The second kappa shape index (κ2) is 9.46. The van der Waals surface area contributed by atoms with Crippen LogP contribution in [0, 0.1) is 5.92 Å². The molecule has 0 saturated carbocycles. The third-order valence-electron chi connectivity index (χ3n) is 8.71. The fourth-order valence-electron chi connectivity index (χ4n) is 6.87. The van der Waals surface area contributed by atoms with E-state index in [1.807, 2.05) is 48.2 Å². The standard InChI is InChI=1S/C35H33N3O/c1-3-37(25-11-6-5-7-12-25)35(39)24-17-19-31-29(22-24)26-14-10-15-28(26)34(36-31)23-18-20-33-30(21-23)27-13-8-9-16-32(27)38(33)4-2/h5-14,16-22,26,28,34,36H,3-4,15H2,1-2H3. The van der Waals surface area contributed by atoms with Gasteiger partial charge in [0.25, 0.3) is 5.91 Å². The molecule has 1 aliphatic heterocycles. The first-order valence-electron chi connectivity index (χ1n) is 14.1. The predicted molar refractivity (Wildman–Crippen MR) is 162 cm³/mol. The number of aromatic nitrogens is 1. The SMILES string of the molecule is CCN(C(=O)c1ccc2c(c1)C1C=CCC1C(c1ccc3c(c1)c1ccccc1n3CC)N2)c1ccccc1. The number of amides is 1. The van der Waals surface area contributed by atoms with Gasteiger partial charge >= 0.3 is 0 Å². The number of para-hydroxylation sites is 2. The molecule has 0 bridgehead atoms. The number of anilines is 2. The van der Waals surface area contributed by atoms with Gasteiger partial charge in [0, 0.05) is 57.8 Å². The quantitative estimate of drug-likeness (QED) is 0.241. The first-order chi connectivity index (χ1) is 19.2. The van der Waals surface area contributed by atoms with Gasteiger partial charge in [0.05, 0.1) is 6.04 Å². The maximum absolute atomic E-state index is 13.6. The molecule has 194 valence electrons. The Hall–Kier alpha value is -4.31. The minimum absolute atomic E-state index is 0.0462. The maximum atomic E-state index is 13.6. The van der Waals surface area contributed by atoms with E-state index in [9.17, 15) is 4.79 Å². The summed E-state index contributed by atoms with van der Waals surface area (Å²) < 4.78 is 2.41. The summed E-state index contributed by atoms with van der Waals surface area (Å²) in [7, 11) is 0. The summed E-state index contributed by atoms with van der Waals surface area (Å²) in [5.41, 5.74) is 7.94. The van der Waals surface area contributed by atoms with Crippen molar-refractivity contribution in [1.82, 2.24) is 4.57 Å². The largest absolute Gasteiger partial charge is 0.378 e. The van der Waals surface area contributed by atoms with E-state index in [0.29, 0.717) is 18.4 Å². The Labute approximate surface area is 229 Å². The summed E-state index contributed by atoms with van der Waals surface area (Å²) >= 11 is 0. The van der Waals surface area contributed by atoms with Crippen LogP contribution in [0.3, 0.4) is 0 Å². The van der Waals surface area contributed by atoms with Gasteiger partial charge in [-0.05, 0) is 85.8 Å². The second-order valence-electron chi connectivity index (χ2n) is 10.7. The van der Waals surface area contributed by atoms with Gasteiger partial charge in [-0.15, -0.1) is 0 Å². The van der Waals surface area contributed by atoms with Gasteiger partial charge in [-0.2, -0.15) is 0 Å². The summed E-state index contributed by atoms with van der Waals surface area (Å²) in [6.45, 7) is 5.82. The van der Waals surface area contributed by atoms with Gasteiger partial charge < -0.3 is 14.8 Å². The van der Waals surface area contributed by atoms with E-state index in [1.165, 1.54) is 32.9 Å². The van der Waals surface area contributed by atoms with Crippen molar-refractivity contribution >= 4 is 39.1 Å². The molecule has 0 fully saturated rings. The number of carbonyl (C=O) groups excluding carboxylic acids is 1. The van der Waals surface area contributed by atoms with Crippen molar-refractivity contribution in [3.8, 4) is 0 Å². The highest BCUT2D eigenvalue weighted by Crippen LogP contribution is 2.50. The average Bonchev–Trinajstić information content (AvgIpc) is 3.60. The molecule has 4 nitrogen and oxygen atoms in total. The minimum atomic E-state index is 0.0462. The molecule has 0 radical (unpaired) electrons. The molecule has 2 aliphatic rings. The van der Waals surface area contributed by atoms with Crippen LogP contribution in [-0.2, 0) is 6.54 Å². The number of hydrogen-bond acceptors (Lipinski definition) is 2. The Morgan fingerprint density at radius 2 is 1.69 bits per heavy atom. The van der Waals surface area contributed by atoms with Gasteiger partial charge in [-0.3, -0.25) is 4.79 Å². The Morgan fingerprint density at radius 1 is 0.897 bits per heavy atom. The Kier molecular flexibility index (Phi) is 5.77. The molecule has 0 spiro atoms. The van der Waals surface area contributed by atoms with Gasteiger partial charge in [-0.1, -0.05) is 54.6 Å². The van der Waals surface area contributed by atoms with Crippen molar-refractivity contribution in [1.29, 1.82) is 0 Å². The van der Waals surface area contributed by atoms with Crippen LogP contribution in [-0.4, -0.2) is 17.0 Å². The van der Waals surface area contributed by atoms with Crippen LogP contribution in [0.15, 0.2) is 103 Å². The molecule has 0 saturated heterocycles. The third kappa shape index (κ3) is 3.77. The highest BCUT2D eigenvalue weighted by molar-refractivity contribution is 6.08. The summed E-state index contributed by atoms with van der Waals surface area (Å²) in [6.07, 6.45) is 5.69. The molecule has 1 N–H and O–H groups in total. The zero-order valence-corrected chi connectivity index (χ0v) is 22.5. The van der Waals surface area contributed by atoms with E-state index in [0.717, 1.165) is 29.9 Å². The summed E-state index contributed by atoms with van der Waals surface area (Å²) in [5.74, 6) is 0.750. The number of nitrogens with one attached hydrogen (secondary N) is 1. The van der Waals surface area contributed by atoms with Crippen LogP contribution in [0.25, 0.3) is 21.8 Å². The first-order valence-corrected chi connectivity index (χ1v) is 14.1. The van der Waals surface area contributed by atoms with Gasteiger partial charge in [0.1, 0.15) is 0 Å². The number of rotatable bonds is 5. The van der Waals surface area contributed by atoms with E-state index >= 15 is 0 Å². The van der Waals surface area contributed by atoms with Crippen LogP contribution in [0.1, 0.15) is 53.7 Å². The Morgan fingerprint density at radius 3 is 2.51 bits per heavy atom. The molecule has 7 rings (SSSR count). The number of hydrogen-bond donors (Lipinski definition) is 1. The van der Waals surface area contributed by atoms with E-state index in [4.69, 9.17) is 0 Å². The van der Waals surface area contributed by atoms with Crippen LogP contribution >= 0.6 is 0 Å². The smallest absolute Gasteiger partial charge is 0.258 e. The van der Waals surface area contributed by atoms with Crippen molar-refractivity contribution in [2.75, 3.05) is 16.8 Å². The molecule has 5 aromatic rings. The van der Waals surface area contributed by atoms with E-state index < -0.39 is 0 Å². The summed E-state index contributed by atoms with van der Waals surface area (Å²) in [4.78, 5) is 15.4. The highest BCUT2D eigenvalue weighted by atomic mass is 16.2.